The summed E-state index contributed by atoms with van der Waals surface area (Å²) in [6, 6.07) is 1.97. The number of aromatic carboxylic acids is 1. The van der Waals surface area contributed by atoms with Gasteiger partial charge in [-0.3, -0.25) is 10.1 Å². The third kappa shape index (κ3) is 3.90. The molecule has 11 nitrogen and oxygen atoms in total. The second kappa shape index (κ2) is 8.14. The number of carboxylic acid groups (broad SMARTS) is 1. The van der Waals surface area contributed by atoms with Crippen LogP contribution < -0.4 is 4.90 Å². The Hall–Kier alpha value is -2.99. The Labute approximate surface area is 160 Å². The quantitative estimate of drug-likeness (QED) is 0.401. The Morgan fingerprint density at radius 3 is 2.41 bits per heavy atom. The number of methoxy groups -OCH3 is 2. The fourth-order valence-electron chi connectivity index (χ4n) is 2.43. The van der Waals surface area contributed by atoms with Gasteiger partial charge in [0.05, 0.1) is 36.9 Å². The molecule has 2 rings (SSSR count). The zero-order valence-electron chi connectivity index (χ0n) is 14.1. The number of nitrogens with zero attached hydrogens (tertiary/aromatic N) is 2. The van der Waals surface area contributed by atoms with Gasteiger partial charge in [-0.15, -0.1) is 0 Å². The fraction of sp³-hybridized carbons (Fsp3) is 0.267. The molecule has 1 aromatic carbocycles. The molecule has 0 unspecified atom stereocenters. The lowest BCUT2D eigenvalue weighted by atomic mass is 10.1. The van der Waals surface area contributed by atoms with E-state index in [1.54, 1.807) is 0 Å². The SMILES string of the molecule is COC(=O)C1=C(C(=O)OC)N(c2c(Br)cc(C(=O)O)cc2[N+](=O)[O-])COC1. The minimum atomic E-state index is -1.38. The highest BCUT2D eigenvalue weighted by Gasteiger charge is 2.37. The summed E-state index contributed by atoms with van der Waals surface area (Å²) in [5, 5.41) is 20.6. The molecule has 0 amide bonds. The van der Waals surface area contributed by atoms with Crippen molar-refractivity contribution in [3.05, 3.63) is 43.6 Å². The van der Waals surface area contributed by atoms with E-state index in [-0.39, 0.29) is 40.3 Å². The van der Waals surface area contributed by atoms with Crippen molar-refractivity contribution in [1.82, 2.24) is 0 Å². The number of esters is 2. The van der Waals surface area contributed by atoms with E-state index in [4.69, 9.17) is 9.84 Å². The van der Waals surface area contributed by atoms with E-state index in [9.17, 15) is 24.5 Å². The molecule has 0 fully saturated rings. The maximum atomic E-state index is 12.3. The first kappa shape index (κ1) is 20.3. The molecular formula is C15H13BrN2O9. The van der Waals surface area contributed by atoms with Crippen LogP contribution >= 0.6 is 15.9 Å². The lowest BCUT2D eigenvalue weighted by molar-refractivity contribution is -0.384. The van der Waals surface area contributed by atoms with Gasteiger partial charge in [-0.1, -0.05) is 0 Å². The predicted molar refractivity (Wildman–Crippen MR) is 92.1 cm³/mol. The number of halogens is 1. The van der Waals surface area contributed by atoms with E-state index < -0.39 is 28.5 Å². The zero-order valence-corrected chi connectivity index (χ0v) is 15.6. The summed E-state index contributed by atoms with van der Waals surface area (Å²) in [6.45, 7) is -0.594. The van der Waals surface area contributed by atoms with E-state index in [1.165, 1.54) is 0 Å². The average molecular weight is 445 g/mol. The highest BCUT2D eigenvalue weighted by atomic mass is 79.9. The summed E-state index contributed by atoms with van der Waals surface area (Å²) >= 11 is 3.09. The summed E-state index contributed by atoms with van der Waals surface area (Å²) < 4.78 is 14.6. The number of ether oxygens (including phenoxy) is 3. The van der Waals surface area contributed by atoms with Crippen molar-refractivity contribution in [2.45, 2.75) is 0 Å². The van der Waals surface area contributed by atoms with Gasteiger partial charge in [0.15, 0.2) is 0 Å². The monoisotopic (exact) mass is 444 g/mol. The standard InChI is InChI=1S/C15H13BrN2O9/c1-25-14(21)8-5-27-6-17(11(8)15(22)26-2)12-9(16)3-7(13(19)20)4-10(12)18(23)24/h3-4H,5-6H2,1-2H3,(H,19,20). The second-order valence-corrected chi connectivity index (χ2v) is 5.96. The van der Waals surface area contributed by atoms with Crippen LogP contribution in [-0.2, 0) is 23.8 Å². The number of hydrogen-bond acceptors (Lipinski definition) is 9. The first-order chi connectivity index (χ1) is 12.7. The van der Waals surface area contributed by atoms with Gasteiger partial charge in [-0.05, 0) is 22.0 Å². The minimum absolute atomic E-state index is 0.00483. The Balaban J connectivity index is 2.78. The number of hydrogen-bond donors (Lipinski definition) is 1. The number of nitro groups is 1. The van der Waals surface area contributed by atoms with Gasteiger partial charge in [0.1, 0.15) is 18.1 Å². The molecule has 0 saturated carbocycles. The molecule has 0 bridgehead atoms. The van der Waals surface area contributed by atoms with Crippen LogP contribution in [0.2, 0.25) is 0 Å². The maximum absolute atomic E-state index is 12.3. The number of carbonyl (C=O) groups is 3. The molecular weight excluding hydrogens is 432 g/mol. The summed E-state index contributed by atoms with van der Waals surface area (Å²) in [7, 11) is 2.18. The van der Waals surface area contributed by atoms with Crippen LogP contribution in [0.1, 0.15) is 10.4 Å². The van der Waals surface area contributed by atoms with E-state index >= 15 is 0 Å². The summed E-state index contributed by atoms with van der Waals surface area (Å²) in [5.74, 6) is -3.19. The van der Waals surface area contributed by atoms with Crippen molar-refractivity contribution in [1.29, 1.82) is 0 Å². The normalized spacial score (nSPS) is 14.0. The van der Waals surface area contributed by atoms with Gasteiger partial charge in [0.2, 0.25) is 0 Å². The number of anilines is 1. The van der Waals surface area contributed by atoms with Crippen LogP contribution in [0.25, 0.3) is 0 Å². The van der Waals surface area contributed by atoms with E-state index in [0.29, 0.717) is 0 Å². The molecule has 1 aliphatic rings. The molecule has 0 aromatic heterocycles. The molecule has 0 spiro atoms. The Kier molecular flexibility index (Phi) is 6.13. The first-order valence-electron chi connectivity index (χ1n) is 7.19. The van der Waals surface area contributed by atoms with Gasteiger partial charge in [-0.25, -0.2) is 14.4 Å². The second-order valence-electron chi connectivity index (χ2n) is 5.10. The lowest BCUT2D eigenvalue weighted by Gasteiger charge is -2.31. The number of nitro benzene ring substituents is 1. The largest absolute Gasteiger partial charge is 0.478 e. The van der Waals surface area contributed by atoms with Crippen molar-refractivity contribution >= 4 is 45.2 Å². The molecule has 1 N–H and O–H groups in total. The summed E-state index contributed by atoms with van der Waals surface area (Å²) in [6.07, 6.45) is 0. The molecule has 1 aliphatic heterocycles. The van der Waals surface area contributed by atoms with E-state index in [1.807, 2.05) is 0 Å². The van der Waals surface area contributed by atoms with E-state index in [0.717, 1.165) is 31.3 Å². The average Bonchev–Trinajstić information content (AvgIpc) is 2.65. The molecule has 12 heteroatoms. The molecule has 0 radical (unpaired) electrons. The number of benzene rings is 1. The van der Waals surface area contributed by atoms with Gasteiger partial charge >= 0.3 is 17.9 Å². The van der Waals surface area contributed by atoms with Crippen molar-refractivity contribution in [3.8, 4) is 0 Å². The first-order valence-corrected chi connectivity index (χ1v) is 7.98. The van der Waals surface area contributed by atoms with Crippen molar-refractivity contribution in [2.75, 3.05) is 32.5 Å². The Morgan fingerprint density at radius 1 is 1.26 bits per heavy atom. The van der Waals surface area contributed by atoms with Gasteiger partial charge < -0.3 is 24.2 Å². The van der Waals surface area contributed by atoms with Gasteiger partial charge in [-0.2, -0.15) is 0 Å². The fourth-order valence-corrected chi connectivity index (χ4v) is 3.10. The van der Waals surface area contributed by atoms with Crippen molar-refractivity contribution in [2.24, 2.45) is 0 Å². The van der Waals surface area contributed by atoms with Crippen molar-refractivity contribution < 1.29 is 38.6 Å². The number of carboxylic acids is 1. The molecule has 27 heavy (non-hydrogen) atoms. The highest BCUT2D eigenvalue weighted by Crippen LogP contribution is 2.40. The smallest absolute Gasteiger partial charge is 0.355 e. The maximum Gasteiger partial charge on any atom is 0.355 e. The lowest BCUT2D eigenvalue weighted by Crippen LogP contribution is -2.39. The van der Waals surface area contributed by atoms with Crippen LogP contribution in [0.4, 0.5) is 11.4 Å². The van der Waals surface area contributed by atoms with Crippen LogP contribution in [0.15, 0.2) is 27.9 Å². The highest BCUT2D eigenvalue weighted by molar-refractivity contribution is 9.10. The zero-order chi connectivity index (χ0) is 20.3. The minimum Gasteiger partial charge on any atom is -0.478 e. The molecule has 144 valence electrons. The van der Waals surface area contributed by atoms with Crippen molar-refractivity contribution in [3.63, 3.8) is 0 Å². The van der Waals surface area contributed by atoms with Gasteiger partial charge in [0, 0.05) is 10.5 Å². The molecule has 0 saturated heterocycles. The number of rotatable bonds is 5. The van der Waals surface area contributed by atoms with Crippen LogP contribution in [0.5, 0.6) is 0 Å². The van der Waals surface area contributed by atoms with E-state index in [2.05, 4.69) is 25.4 Å². The number of carbonyl (C=O) groups excluding carboxylic acids is 2. The van der Waals surface area contributed by atoms with Crippen LogP contribution in [0.3, 0.4) is 0 Å². The molecule has 1 heterocycles. The third-order valence-corrected chi connectivity index (χ3v) is 4.19. The summed E-state index contributed by atoms with van der Waals surface area (Å²) in [4.78, 5) is 47.2. The van der Waals surface area contributed by atoms with Crippen LogP contribution in [-0.4, -0.2) is 55.5 Å². The Morgan fingerprint density at radius 2 is 1.89 bits per heavy atom. The molecule has 0 aliphatic carbocycles. The third-order valence-electron chi connectivity index (χ3n) is 3.59. The van der Waals surface area contributed by atoms with Crippen LogP contribution in [0, 0.1) is 10.1 Å². The molecule has 1 aromatic rings. The summed E-state index contributed by atoms with van der Waals surface area (Å²) in [5.41, 5.74) is -1.63. The Bertz CT molecular complexity index is 865. The topological polar surface area (TPSA) is 146 Å². The molecule has 0 atom stereocenters. The predicted octanol–water partition coefficient (Wildman–Crippen LogP) is 1.45. The van der Waals surface area contributed by atoms with Gasteiger partial charge in [0.25, 0.3) is 5.69 Å².